The van der Waals surface area contributed by atoms with Crippen molar-refractivity contribution in [2.24, 2.45) is 0 Å². The number of ether oxygens (including phenoxy) is 1. The molecule has 0 amide bonds. The minimum absolute atomic E-state index is 0.415. The zero-order valence-corrected chi connectivity index (χ0v) is 7.20. The summed E-state index contributed by atoms with van der Waals surface area (Å²) in [5.41, 5.74) is 1.88. The lowest BCUT2D eigenvalue weighted by Crippen LogP contribution is -1.94. The molecule has 0 bridgehead atoms. The first kappa shape index (κ1) is 8.71. The molecule has 0 unspecified atom stereocenters. The van der Waals surface area contributed by atoms with Gasteiger partial charge in [-0.05, 0) is 18.6 Å². The maximum Gasteiger partial charge on any atom is 0.215 e. The summed E-state index contributed by atoms with van der Waals surface area (Å²) in [7, 11) is 1.58. The van der Waals surface area contributed by atoms with Gasteiger partial charge in [-0.3, -0.25) is 0 Å². The summed E-state index contributed by atoms with van der Waals surface area (Å²) in [5.74, 6) is 0.615. The molecule has 0 aromatic carbocycles. The van der Waals surface area contributed by atoms with E-state index in [1.54, 1.807) is 13.3 Å². The topological polar surface area (TPSA) is 39.2 Å². The Morgan fingerprint density at radius 1 is 1.67 bits per heavy atom. The van der Waals surface area contributed by atoms with Gasteiger partial charge in [0.15, 0.2) is 0 Å². The third-order valence-electron chi connectivity index (χ3n) is 1.60. The zero-order valence-electron chi connectivity index (χ0n) is 7.20. The summed E-state index contributed by atoms with van der Waals surface area (Å²) in [6.45, 7) is 1.90. The summed E-state index contributed by atoms with van der Waals surface area (Å²) >= 11 is 0. The molecular weight excluding hydrogens is 154 g/mol. The lowest BCUT2D eigenvalue weighted by molar-refractivity contribution is -0.107. The van der Waals surface area contributed by atoms with Crippen LogP contribution in [-0.4, -0.2) is 18.4 Å². The molecule has 3 nitrogen and oxygen atoms in total. The van der Waals surface area contributed by atoms with Gasteiger partial charge in [0, 0.05) is 18.2 Å². The maximum absolute atomic E-state index is 10.2. The Kier molecular flexibility index (Phi) is 2.80. The van der Waals surface area contributed by atoms with E-state index in [0.29, 0.717) is 12.3 Å². The second-order valence-electron chi connectivity index (χ2n) is 2.54. The molecule has 3 heteroatoms. The normalized spacial score (nSPS) is 9.50. The molecule has 1 aromatic rings. The van der Waals surface area contributed by atoms with Crippen molar-refractivity contribution in [2.45, 2.75) is 13.3 Å². The fraction of sp³-hybridized carbons (Fsp3) is 0.333. The lowest BCUT2D eigenvalue weighted by atomic mass is 10.2. The summed E-state index contributed by atoms with van der Waals surface area (Å²) in [6, 6.07) is 1.90. The van der Waals surface area contributed by atoms with Crippen LogP contribution >= 0.6 is 0 Å². The van der Waals surface area contributed by atoms with Crippen LogP contribution in [0.5, 0.6) is 5.88 Å². The van der Waals surface area contributed by atoms with Crippen LogP contribution in [0.4, 0.5) is 0 Å². The van der Waals surface area contributed by atoms with Crippen molar-refractivity contribution in [3.63, 3.8) is 0 Å². The number of carbonyl (C=O) groups is 1. The van der Waals surface area contributed by atoms with Gasteiger partial charge in [0.1, 0.15) is 6.29 Å². The average molecular weight is 165 g/mol. The minimum atomic E-state index is 0.415. The monoisotopic (exact) mass is 165 g/mol. The van der Waals surface area contributed by atoms with Crippen molar-refractivity contribution >= 4 is 6.29 Å². The molecule has 1 aromatic heterocycles. The number of rotatable bonds is 3. The first-order valence-electron chi connectivity index (χ1n) is 3.71. The number of aldehydes is 1. The molecule has 0 spiro atoms. The fourth-order valence-corrected chi connectivity index (χ4v) is 1.04. The van der Waals surface area contributed by atoms with Gasteiger partial charge in [0.05, 0.1) is 7.11 Å². The molecule has 0 fully saturated rings. The van der Waals surface area contributed by atoms with E-state index in [0.717, 1.165) is 17.4 Å². The first-order chi connectivity index (χ1) is 5.77. The van der Waals surface area contributed by atoms with E-state index in [2.05, 4.69) is 4.98 Å². The first-order valence-corrected chi connectivity index (χ1v) is 3.71. The summed E-state index contributed by atoms with van der Waals surface area (Å²) in [6.07, 6.45) is 2.93. The number of pyridine rings is 1. The molecule has 12 heavy (non-hydrogen) atoms. The van der Waals surface area contributed by atoms with Crippen LogP contribution in [0.1, 0.15) is 11.1 Å². The van der Waals surface area contributed by atoms with E-state index in [4.69, 9.17) is 4.74 Å². The predicted octanol–water partition coefficient (Wildman–Crippen LogP) is 1.14. The predicted molar refractivity (Wildman–Crippen MR) is 45.3 cm³/mol. The van der Waals surface area contributed by atoms with Crippen molar-refractivity contribution in [3.05, 3.63) is 23.4 Å². The van der Waals surface area contributed by atoms with E-state index in [1.807, 2.05) is 13.0 Å². The molecule has 1 rings (SSSR count). The van der Waals surface area contributed by atoms with Gasteiger partial charge in [-0.15, -0.1) is 0 Å². The number of hydrogen-bond donors (Lipinski definition) is 0. The van der Waals surface area contributed by atoms with E-state index >= 15 is 0 Å². The van der Waals surface area contributed by atoms with Crippen molar-refractivity contribution in [1.29, 1.82) is 0 Å². The largest absolute Gasteiger partial charge is 0.481 e. The Hall–Kier alpha value is -1.38. The quantitative estimate of drug-likeness (QED) is 0.630. The number of aromatic nitrogens is 1. The molecule has 64 valence electrons. The fourth-order valence-electron chi connectivity index (χ4n) is 1.04. The molecule has 0 saturated heterocycles. The zero-order chi connectivity index (χ0) is 8.97. The highest BCUT2D eigenvalue weighted by Crippen LogP contribution is 2.14. The number of carbonyl (C=O) groups excluding carboxylic acids is 1. The average Bonchev–Trinajstić information content (AvgIpc) is 2.05. The smallest absolute Gasteiger partial charge is 0.215 e. The van der Waals surface area contributed by atoms with Crippen LogP contribution in [0, 0.1) is 6.92 Å². The van der Waals surface area contributed by atoms with Crippen LogP contribution < -0.4 is 4.74 Å². The molecule has 0 aliphatic rings. The third-order valence-corrected chi connectivity index (χ3v) is 1.60. The molecule has 0 aliphatic heterocycles. The lowest BCUT2D eigenvalue weighted by Gasteiger charge is -2.03. The van der Waals surface area contributed by atoms with E-state index in [9.17, 15) is 4.79 Å². The summed E-state index contributed by atoms with van der Waals surface area (Å²) < 4.78 is 4.98. The highest BCUT2D eigenvalue weighted by molar-refractivity contribution is 5.55. The Bertz CT molecular complexity index is 284. The molecule has 0 atom stereocenters. The minimum Gasteiger partial charge on any atom is -0.481 e. The highest BCUT2D eigenvalue weighted by Gasteiger charge is 1.99. The van der Waals surface area contributed by atoms with Crippen molar-refractivity contribution < 1.29 is 9.53 Å². The Morgan fingerprint density at radius 2 is 2.42 bits per heavy atom. The Morgan fingerprint density at radius 3 is 2.92 bits per heavy atom. The molecule has 0 radical (unpaired) electrons. The van der Waals surface area contributed by atoms with Crippen LogP contribution in [0.3, 0.4) is 0 Å². The SMILES string of the molecule is COc1ncc(CC=O)cc1C. The summed E-state index contributed by atoms with van der Waals surface area (Å²) in [5, 5.41) is 0. The van der Waals surface area contributed by atoms with Gasteiger partial charge in [0.2, 0.25) is 5.88 Å². The molecule has 0 N–H and O–H groups in total. The molecule has 0 aliphatic carbocycles. The van der Waals surface area contributed by atoms with Crippen LogP contribution in [0.25, 0.3) is 0 Å². The third kappa shape index (κ3) is 1.81. The molecule has 1 heterocycles. The summed E-state index contributed by atoms with van der Waals surface area (Å²) in [4.78, 5) is 14.2. The van der Waals surface area contributed by atoms with Crippen LogP contribution in [0.2, 0.25) is 0 Å². The van der Waals surface area contributed by atoms with Gasteiger partial charge in [-0.25, -0.2) is 4.98 Å². The van der Waals surface area contributed by atoms with Gasteiger partial charge < -0.3 is 9.53 Å². The van der Waals surface area contributed by atoms with E-state index in [1.165, 1.54) is 0 Å². The van der Waals surface area contributed by atoms with E-state index < -0.39 is 0 Å². The van der Waals surface area contributed by atoms with E-state index in [-0.39, 0.29) is 0 Å². The van der Waals surface area contributed by atoms with Crippen LogP contribution in [0.15, 0.2) is 12.3 Å². The number of methoxy groups -OCH3 is 1. The van der Waals surface area contributed by atoms with Gasteiger partial charge in [0.25, 0.3) is 0 Å². The Labute approximate surface area is 71.4 Å². The van der Waals surface area contributed by atoms with Gasteiger partial charge in [-0.1, -0.05) is 0 Å². The molecule has 0 saturated carbocycles. The number of nitrogens with zero attached hydrogens (tertiary/aromatic N) is 1. The van der Waals surface area contributed by atoms with Crippen LogP contribution in [-0.2, 0) is 11.2 Å². The van der Waals surface area contributed by atoms with Crippen molar-refractivity contribution in [2.75, 3.05) is 7.11 Å². The number of hydrogen-bond acceptors (Lipinski definition) is 3. The standard InChI is InChI=1S/C9H11NO2/c1-7-5-8(3-4-11)6-10-9(7)12-2/h4-6H,3H2,1-2H3. The van der Waals surface area contributed by atoms with Crippen molar-refractivity contribution in [3.8, 4) is 5.88 Å². The second-order valence-corrected chi connectivity index (χ2v) is 2.54. The van der Waals surface area contributed by atoms with Crippen molar-refractivity contribution in [1.82, 2.24) is 4.98 Å². The van der Waals surface area contributed by atoms with Gasteiger partial charge in [-0.2, -0.15) is 0 Å². The molecular formula is C9H11NO2. The van der Waals surface area contributed by atoms with Gasteiger partial charge >= 0.3 is 0 Å². The number of aryl methyl sites for hydroxylation is 1. The highest BCUT2D eigenvalue weighted by atomic mass is 16.5. The second kappa shape index (κ2) is 3.85. The Balaban J connectivity index is 2.93. The maximum atomic E-state index is 10.2.